The van der Waals surface area contributed by atoms with Crippen molar-refractivity contribution in [2.24, 2.45) is 0 Å². The van der Waals surface area contributed by atoms with Crippen LogP contribution in [0.1, 0.15) is 25.7 Å². The molecule has 0 atom stereocenters. The number of rotatable bonds is 4. The monoisotopic (exact) mass is 264 g/mol. The fourth-order valence-electron chi connectivity index (χ4n) is 2.26. The molecule has 1 fully saturated rings. The summed E-state index contributed by atoms with van der Waals surface area (Å²) in [6.45, 7) is 1.98. The van der Waals surface area contributed by atoms with Gasteiger partial charge in [-0.15, -0.1) is 0 Å². The minimum Gasteiger partial charge on any atom is -0.480 e. The zero-order chi connectivity index (χ0) is 13.7. The fourth-order valence-corrected chi connectivity index (χ4v) is 2.26. The van der Waals surface area contributed by atoms with Gasteiger partial charge in [0.05, 0.1) is 12.4 Å². The van der Waals surface area contributed by atoms with Crippen molar-refractivity contribution < 1.29 is 9.90 Å². The van der Waals surface area contributed by atoms with Crippen LogP contribution >= 0.6 is 0 Å². The average Bonchev–Trinajstić information content (AvgIpc) is 2.67. The summed E-state index contributed by atoms with van der Waals surface area (Å²) < 4.78 is 0. The van der Waals surface area contributed by atoms with E-state index < -0.39 is 5.97 Å². The Bertz CT molecular complexity index is 413. The molecule has 0 spiro atoms. The molecule has 6 heteroatoms. The Morgan fingerprint density at radius 1 is 1.26 bits per heavy atom. The first-order valence-electron chi connectivity index (χ1n) is 6.67. The van der Waals surface area contributed by atoms with E-state index in [1.807, 2.05) is 0 Å². The van der Waals surface area contributed by atoms with E-state index in [1.165, 1.54) is 25.7 Å². The van der Waals surface area contributed by atoms with Gasteiger partial charge in [-0.1, -0.05) is 12.8 Å². The Kier molecular flexibility index (Phi) is 4.54. The molecule has 0 saturated carbocycles. The van der Waals surface area contributed by atoms with Gasteiger partial charge in [-0.25, -0.2) is 9.97 Å². The van der Waals surface area contributed by atoms with Crippen molar-refractivity contribution in [1.82, 2.24) is 9.97 Å². The van der Waals surface area contributed by atoms with Gasteiger partial charge in [-0.2, -0.15) is 0 Å². The summed E-state index contributed by atoms with van der Waals surface area (Å²) in [5.74, 6) is 0.594. The Morgan fingerprint density at radius 3 is 2.47 bits per heavy atom. The first kappa shape index (κ1) is 13.6. The molecule has 0 aromatic carbocycles. The van der Waals surface area contributed by atoms with Gasteiger partial charge in [0.25, 0.3) is 0 Å². The molecule has 0 aliphatic carbocycles. The van der Waals surface area contributed by atoms with E-state index in [9.17, 15) is 4.79 Å². The summed E-state index contributed by atoms with van der Waals surface area (Å²) in [5, 5.41) is 8.74. The summed E-state index contributed by atoms with van der Waals surface area (Å²) in [7, 11) is 1.70. The molecule has 1 aliphatic rings. The SMILES string of the molecule is CN(CC(=O)O)c1cnc(N2CCCCCC2)cn1. The normalized spacial score (nSPS) is 15.9. The van der Waals surface area contributed by atoms with Crippen LogP contribution in [0.3, 0.4) is 0 Å². The molecular formula is C13H20N4O2. The van der Waals surface area contributed by atoms with E-state index in [2.05, 4.69) is 14.9 Å². The van der Waals surface area contributed by atoms with Crippen molar-refractivity contribution in [2.45, 2.75) is 25.7 Å². The fraction of sp³-hybridized carbons (Fsp3) is 0.615. The number of carbonyl (C=O) groups is 1. The maximum Gasteiger partial charge on any atom is 0.323 e. The van der Waals surface area contributed by atoms with Crippen LogP contribution in [0.15, 0.2) is 12.4 Å². The molecule has 2 heterocycles. The van der Waals surface area contributed by atoms with Crippen molar-refractivity contribution in [1.29, 1.82) is 0 Å². The molecular weight excluding hydrogens is 244 g/mol. The van der Waals surface area contributed by atoms with Crippen molar-refractivity contribution >= 4 is 17.6 Å². The van der Waals surface area contributed by atoms with Crippen LogP contribution in [0.25, 0.3) is 0 Å². The Morgan fingerprint density at radius 2 is 1.95 bits per heavy atom. The maximum absolute atomic E-state index is 10.6. The summed E-state index contributed by atoms with van der Waals surface area (Å²) in [4.78, 5) is 23.2. The van der Waals surface area contributed by atoms with Gasteiger partial charge >= 0.3 is 5.97 Å². The van der Waals surface area contributed by atoms with Crippen LogP contribution in [0.4, 0.5) is 11.6 Å². The minimum atomic E-state index is -0.874. The van der Waals surface area contributed by atoms with Gasteiger partial charge in [0, 0.05) is 20.1 Å². The second-order valence-electron chi connectivity index (χ2n) is 4.88. The smallest absolute Gasteiger partial charge is 0.323 e. The van der Waals surface area contributed by atoms with Gasteiger partial charge in [0.2, 0.25) is 0 Å². The lowest BCUT2D eigenvalue weighted by Gasteiger charge is -2.22. The number of anilines is 2. The summed E-state index contributed by atoms with van der Waals surface area (Å²) >= 11 is 0. The number of nitrogens with zero attached hydrogens (tertiary/aromatic N) is 4. The molecule has 1 aromatic heterocycles. The molecule has 2 rings (SSSR count). The quantitative estimate of drug-likeness (QED) is 0.886. The second kappa shape index (κ2) is 6.36. The lowest BCUT2D eigenvalue weighted by Crippen LogP contribution is -2.27. The van der Waals surface area contributed by atoms with Crippen LogP contribution in [-0.4, -0.2) is 47.7 Å². The van der Waals surface area contributed by atoms with E-state index in [4.69, 9.17) is 5.11 Å². The summed E-state index contributed by atoms with van der Waals surface area (Å²) in [6.07, 6.45) is 8.33. The van der Waals surface area contributed by atoms with Crippen molar-refractivity contribution in [3.05, 3.63) is 12.4 Å². The number of carboxylic acid groups (broad SMARTS) is 1. The summed E-state index contributed by atoms with van der Waals surface area (Å²) in [5.41, 5.74) is 0. The van der Waals surface area contributed by atoms with Crippen LogP contribution in [-0.2, 0) is 4.79 Å². The molecule has 6 nitrogen and oxygen atoms in total. The topological polar surface area (TPSA) is 69.6 Å². The summed E-state index contributed by atoms with van der Waals surface area (Å²) in [6, 6.07) is 0. The van der Waals surface area contributed by atoms with Crippen LogP contribution < -0.4 is 9.80 Å². The van der Waals surface area contributed by atoms with Crippen molar-refractivity contribution in [2.75, 3.05) is 36.5 Å². The van der Waals surface area contributed by atoms with Crippen molar-refractivity contribution in [3.63, 3.8) is 0 Å². The molecule has 1 N–H and O–H groups in total. The predicted octanol–water partition coefficient (Wildman–Crippen LogP) is 1.38. The molecule has 0 bridgehead atoms. The number of hydrogen-bond acceptors (Lipinski definition) is 5. The van der Waals surface area contributed by atoms with Crippen LogP contribution in [0.2, 0.25) is 0 Å². The molecule has 1 aliphatic heterocycles. The van der Waals surface area contributed by atoms with E-state index >= 15 is 0 Å². The molecule has 104 valence electrons. The molecule has 19 heavy (non-hydrogen) atoms. The van der Waals surface area contributed by atoms with E-state index in [1.54, 1.807) is 24.3 Å². The minimum absolute atomic E-state index is 0.0717. The second-order valence-corrected chi connectivity index (χ2v) is 4.88. The highest BCUT2D eigenvalue weighted by Gasteiger charge is 2.12. The highest BCUT2D eigenvalue weighted by Crippen LogP contribution is 2.17. The number of aliphatic carboxylic acids is 1. The predicted molar refractivity (Wildman–Crippen MR) is 73.6 cm³/mol. The molecule has 0 radical (unpaired) electrons. The van der Waals surface area contributed by atoms with Gasteiger partial charge in [-0.3, -0.25) is 4.79 Å². The third-order valence-electron chi connectivity index (χ3n) is 3.32. The zero-order valence-corrected chi connectivity index (χ0v) is 11.2. The van der Waals surface area contributed by atoms with Crippen molar-refractivity contribution in [3.8, 4) is 0 Å². The first-order valence-corrected chi connectivity index (χ1v) is 6.67. The maximum atomic E-state index is 10.6. The molecule has 1 saturated heterocycles. The first-order chi connectivity index (χ1) is 9.16. The highest BCUT2D eigenvalue weighted by atomic mass is 16.4. The third-order valence-corrected chi connectivity index (χ3v) is 3.32. The Labute approximate surface area is 113 Å². The standard InChI is InChI=1S/C13H20N4O2/c1-16(10-13(18)19)11-8-15-12(9-14-11)17-6-4-2-3-5-7-17/h8-9H,2-7,10H2,1H3,(H,18,19). The number of carboxylic acids is 1. The lowest BCUT2D eigenvalue weighted by molar-refractivity contribution is -0.135. The number of hydrogen-bond donors (Lipinski definition) is 1. The van der Waals surface area contributed by atoms with Gasteiger partial charge < -0.3 is 14.9 Å². The van der Waals surface area contributed by atoms with Gasteiger partial charge in [0.1, 0.15) is 18.2 Å². The van der Waals surface area contributed by atoms with Gasteiger partial charge in [0.15, 0.2) is 0 Å². The third kappa shape index (κ3) is 3.81. The largest absolute Gasteiger partial charge is 0.480 e. The number of aromatic nitrogens is 2. The number of likely N-dealkylation sites (N-methyl/N-ethyl adjacent to an activating group) is 1. The van der Waals surface area contributed by atoms with Gasteiger partial charge in [-0.05, 0) is 12.8 Å². The molecule has 0 unspecified atom stereocenters. The van der Waals surface area contributed by atoms with E-state index in [0.717, 1.165) is 18.9 Å². The molecule has 1 aromatic rings. The Hall–Kier alpha value is -1.85. The zero-order valence-electron chi connectivity index (χ0n) is 11.2. The van der Waals surface area contributed by atoms with E-state index in [-0.39, 0.29) is 6.54 Å². The van der Waals surface area contributed by atoms with Crippen LogP contribution in [0.5, 0.6) is 0 Å². The molecule has 0 amide bonds. The highest BCUT2D eigenvalue weighted by molar-refractivity contribution is 5.72. The lowest BCUT2D eigenvalue weighted by atomic mass is 10.2. The van der Waals surface area contributed by atoms with Crippen LogP contribution in [0, 0.1) is 0 Å². The van der Waals surface area contributed by atoms with E-state index in [0.29, 0.717) is 5.82 Å². The average molecular weight is 264 g/mol. The Balaban J connectivity index is 2.02.